The SMILES string of the molecule is C=COC=C.C=COC=C.CCCC(O)O.CCCCCCCCCCCCCCCCCC. The van der Waals surface area contributed by atoms with Crippen LogP contribution in [0.5, 0.6) is 0 Å². The smallest absolute Gasteiger partial charge is 0.151 e. The van der Waals surface area contributed by atoms with E-state index in [9.17, 15) is 0 Å². The van der Waals surface area contributed by atoms with Crippen molar-refractivity contribution in [3.8, 4) is 0 Å². The van der Waals surface area contributed by atoms with Crippen LogP contribution in [0.15, 0.2) is 51.4 Å². The van der Waals surface area contributed by atoms with Crippen LogP contribution in [0, 0.1) is 0 Å². The molecule has 0 unspecified atom stereocenters. The lowest BCUT2D eigenvalue weighted by Gasteiger charge is -2.03. The lowest BCUT2D eigenvalue weighted by molar-refractivity contribution is -0.0453. The van der Waals surface area contributed by atoms with Crippen molar-refractivity contribution < 1.29 is 19.7 Å². The molecule has 0 heterocycles. The lowest BCUT2D eigenvalue weighted by Crippen LogP contribution is -2.01. The summed E-state index contributed by atoms with van der Waals surface area (Å²) in [6.07, 6.45) is 28.9. The third-order valence-electron chi connectivity index (χ3n) is 4.89. The molecule has 0 bridgehead atoms. The molecule has 0 aliphatic carbocycles. The molecular formula is C30H60O4. The summed E-state index contributed by atoms with van der Waals surface area (Å²) in [7, 11) is 0. The van der Waals surface area contributed by atoms with E-state index in [4.69, 9.17) is 10.2 Å². The Balaban J connectivity index is -0.000000228. The Morgan fingerprint density at radius 2 is 0.706 bits per heavy atom. The van der Waals surface area contributed by atoms with Crippen molar-refractivity contribution in [1.29, 1.82) is 0 Å². The number of rotatable bonds is 21. The van der Waals surface area contributed by atoms with Gasteiger partial charge in [0, 0.05) is 0 Å². The van der Waals surface area contributed by atoms with Gasteiger partial charge in [-0.25, -0.2) is 0 Å². The fourth-order valence-corrected chi connectivity index (χ4v) is 3.02. The van der Waals surface area contributed by atoms with Crippen molar-refractivity contribution in [3.63, 3.8) is 0 Å². The van der Waals surface area contributed by atoms with E-state index in [0.29, 0.717) is 6.42 Å². The van der Waals surface area contributed by atoms with Crippen molar-refractivity contribution in [2.75, 3.05) is 0 Å². The molecule has 4 nitrogen and oxygen atoms in total. The first-order chi connectivity index (χ1) is 16.5. The summed E-state index contributed by atoms with van der Waals surface area (Å²) < 4.78 is 8.72. The van der Waals surface area contributed by atoms with Crippen LogP contribution in [0.4, 0.5) is 0 Å². The fourth-order valence-electron chi connectivity index (χ4n) is 3.02. The lowest BCUT2D eigenvalue weighted by atomic mass is 10.0. The molecule has 0 aromatic rings. The Labute approximate surface area is 213 Å². The highest BCUT2D eigenvalue weighted by molar-refractivity contribution is 4.57. The van der Waals surface area contributed by atoms with Gasteiger partial charge in [-0.1, -0.05) is 156 Å². The fraction of sp³-hybridized carbons (Fsp3) is 0.733. The molecule has 0 saturated heterocycles. The first kappa shape index (κ1) is 39.7. The van der Waals surface area contributed by atoms with Crippen LogP contribution in [0.3, 0.4) is 0 Å². The zero-order valence-electron chi connectivity index (χ0n) is 23.2. The third-order valence-corrected chi connectivity index (χ3v) is 4.89. The van der Waals surface area contributed by atoms with Gasteiger partial charge in [-0.3, -0.25) is 0 Å². The van der Waals surface area contributed by atoms with Gasteiger partial charge >= 0.3 is 0 Å². The van der Waals surface area contributed by atoms with Gasteiger partial charge in [0.25, 0.3) is 0 Å². The van der Waals surface area contributed by atoms with Crippen LogP contribution in [-0.2, 0) is 9.47 Å². The van der Waals surface area contributed by atoms with Gasteiger partial charge in [0.1, 0.15) is 0 Å². The van der Waals surface area contributed by atoms with Crippen molar-refractivity contribution in [2.24, 2.45) is 0 Å². The summed E-state index contributed by atoms with van der Waals surface area (Å²) in [4.78, 5) is 0. The molecule has 0 aromatic heterocycles. The Morgan fingerprint density at radius 1 is 0.471 bits per heavy atom. The largest absolute Gasteiger partial charge is 0.474 e. The predicted molar refractivity (Wildman–Crippen MR) is 151 cm³/mol. The van der Waals surface area contributed by atoms with E-state index in [0.717, 1.165) is 6.42 Å². The molecule has 0 rings (SSSR count). The second-order valence-electron chi connectivity index (χ2n) is 8.16. The molecule has 4 heteroatoms. The Bertz CT molecular complexity index is 325. The van der Waals surface area contributed by atoms with Gasteiger partial charge in [-0.05, 0) is 6.42 Å². The maximum atomic E-state index is 8.11. The molecule has 0 spiro atoms. The minimum Gasteiger partial charge on any atom is -0.474 e. The molecule has 0 aromatic carbocycles. The Morgan fingerprint density at radius 3 is 0.794 bits per heavy atom. The summed E-state index contributed by atoms with van der Waals surface area (Å²) in [5.74, 6) is 0. The summed E-state index contributed by atoms with van der Waals surface area (Å²) >= 11 is 0. The van der Waals surface area contributed by atoms with E-state index >= 15 is 0 Å². The van der Waals surface area contributed by atoms with Gasteiger partial charge in [-0.15, -0.1) is 0 Å². The maximum absolute atomic E-state index is 8.11. The minimum atomic E-state index is -1.10. The number of unbranched alkanes of at least 4 members (excludes halogenated alkanes) is 15. The van der Waals surface area contributed by atoms with Crippen LogP contribution in [0.25, 0.3) is 0 Å². The molecule has 0 fully saturated rings. The Hall–Kier alpha value is -1.52. The van der Waals surface area contributed by atoms with Gasteiger partial charge < -0.3 is 19.7 Å². The number of hydrogen-bond donors (Lipinski definition) is 2. The van der Waals surface area contributed by atoms with Crippen LogP contribution in [-0.4, -0.2) is 16.5 Å². The topological polar surface area (TPSA) is 58.9 Å². The van der Waals surface area contributed by atoms with E-state index in [1.165, 1.54) is 128 Å². The summed E-state index contributed by atoms with van der Waals surface area (Å²) in [5.41, 5.74) is 0. The number of ether oxygens (including phenoxy) is 2. The maximum Gasteiger partial charge on any atom is 0.151 e. The van der Waals surface area contributed by atoms with E-state index in [1.807, 2.05) is 6.92 Å². The highest BCUT2D eigenvalue weighted by Gasteiger charge is 1.93. The van der Waals surface area contributed by atoms with Crippen LogP contribution < -0.4 is 0 Å². The number of hydrogen-bond acceptors (Lipinski definition) is 4. The molecule has 34 heavy (non-hydrogen) atoms. The summed E-state index contributed by atoms with van der Waals surface area (Å²) in [5, 5.41) is 16.2. The number of aliphatic hydroxyl groups excluding tert-OH is 1. The minimum absolute atomic E-state index is 0.486. The third kappa shape index (κ3) is 63.2. The molecular weight excluding hydrogens is 424 g/mol. The molecule has 0 amide bonds. The quantitative estimate of drug-likeness (QED) is 0.0966. The van der Waals surface area contributed by atoms with Crippen molar-refractivity contribution in [3.05, 3.63) is 51.4 Å². The standard InChI is InChI=1S/C18H38.C4H10O2.2C4H6O/c1-3-5-7-9-11-13-15-17-18-16-14-12-10-8-6-4-2;1-2-3-4(5)6;2*1-3-5-4-2/h3-18H2,1-2H3;4-6H,2-3H2,1H3;2*3-4H,1-2H2. The molecule has 0 atom stereocenters. The van der Waals surface area contributed by atoms with Crippen molar-refractivity contribution >= 4 is 0 Å². The molecule has 2 N–H and O–H groups in total. The van der Waals surface area contributed by atoms with Crippen LogP contribution in [0.1, 0.15) is 136 Å². The normalized spacial score (nSPS) is 9.24. The van der Waals surface area contributed by atoms with Crippen LogP contribution in [0.2, 0.25) is 0 Å². The first-order valence-corrected chi connectivity index (χ1v) is 13.6. The second kappa shape index (κ2) is 45.0. The predicted octanol–water partition coefficient (Wildman–Crippen LogP) is 9.94. The van der Waals surface area contributed by atoms with E-state index in [-0.39, 0.29) is 0 Å². The monoisotopic (exact) mass is 484 g/mol. The molecule has 0 aliphatic rings. The summed E-state index contributed by atoms with van der Waals surface area (Å²) in [6.45, 7) is 19.5. The van der Waals surface area contributed by atoms with E-state index in [1.54, 1.807) is 0 Å². The highest BCUT2D eigenvalue weighted by atomic mass is 16.5. The van der Waals surface area contributed by atoms with Gasteiger partial charge in [-0.2, -0.15) is 0 Å². The second-order valence-corrected chi connectivity index (χ2v) is 8.16. The zero-order valence-corrected chi connectivity index (χ0v) is 23.2. The van der Waals surface area contributed by atoms with Crippen LogP contribution >= 0.6 is 0 Å². The van der Waals surface area contributed by atoms with Crippen molar-refractivity contribution in [1.82, 2.24) is 0 Å². The molecule has 204 valence electrons. The number of aliphatic hydroxyl groups is 2. The van der Waals surface area contributed by atoms with Gasteiger partial charge in [0.2, 0.25) is 0 Å². The summed E-state index contributed by atoms with van der Waals surface area (Å²) in [6, 6.07) is 0. The first-order valence-electron chi connectivity index (χ1n) is 13.6. The molecule has 0 radical (unpaired) electrons. The van der Waals surface area contributed by atoms with Gasteiger partial charge in [0.05, 0.1) is 25.0 Å². The zero-order chi connectivity index (χ0) is 26.5. The average molecular weight is 485 g/mol. The van der Waals surface area contributed by atoms with E-state index < -0.39 is 6.29 Å². The van der Waals surface area contributed by atoms with Crippen molar-refractivity contribution in [2.45, 2.75) is 143 Å². The average Bonchev–Trinajstić information content (AvgIpc) is 2.81. The Kier molecular flexibility index (Phi) is 52.6. The highest BCUT2D eigenvalue weighted by Crippen LogP contribution is 2.13. The van der Waals surface area contributed by atoms with E-state index in [2.05, 4.69) is 49.6 Å². The molecule has 0 saturated carbocycles. The van der Waals surface area contributed by atoms with Gasteiger partial charge in [0.15, 0.2) is 6.29 Å². The molecule has 0 aliphatic heterocycles.